The van der Waals surface area contributed by atoms with Crippen LogP contribution in [0.25, 0.3) is 0 Å². The summed E-state index contributed by atoms with van der Waals surface area (Å²) in [6, 6.07) is 10.9. The number of hydrogen-bond acceptors (Lipinski definition) is 4. The average Bonchev–Trinajstić information content (AvgIpc) is 2.91. The van der Waals surface area contributed by atoms with E-state index in [1.807, 2.05) is 31.2 Å². The fourth-order valence-corrected chi connectivity index (χ4v) is 3.59. The first-order valence-electron chi connectivity index (χ1n) is 5.81. The molecule has 1 N–H and O–H groups in total. The monoisotopic (exact) mass is 297 g/mol. The first-order chi connectivity index (χ1) is 9.09. The van der Waals surface area contributed by atoms with Crippen LogP contribution in [0.5, 0.6) is 5.75 Å². The fourth-order valence-electron chi connectivity index (χ4n) is 1.54. The third-order valence-corrected chi connectivity index (χ3v) is 5.36. The van der Waals surface area contributed by atoms with Crippen molar-refractivity contribution in [3.63, 3.8) is 0 Å². The molecular weight excluding hydrogens is 282 g/mol. The quantitative estimate of drug-likeness (QED) is 0.833. The van der Waals surface area contributed by atoms with E-state index in [0.717, 1.165) is 11.3 Å². The number of sulfonamides is 1. The van der Waals surface area contributed by atoms with Crippen molar-refractivity contribution in [3.05, 3.63) is 47.3 Å². The molecule has 6 heteroatoms. The number of nitrogens with one attached hydrogen (secondary N) is 1. The largest absolute Gasteiger partial charge is 0.492 e. The Kier molecular flexibility index (Phi) is 4.57. The van der Waals surface area contributed by atoms with Gasteiger partial charge in [-0.1, -0.05) is 24.3 Å². The first kappa shape index (κ1) is 14.0. The molecule has 2 rings (SSSR count). The normalized spacial score (nSPS) is 11.4. The summed E-state index contributed by atoms with van der Waals surface area (Å²) in [6.45, 7) is 2.50. The van der Waals surface area contributed by atoms with Crippen molar-refractivity contribution in [3.8, 4) is 5.75 Å². The Morgan fingerprint density at radius 2 is 2.00 bits per heavy atom. The molecule has 0 unspecified atom stereocenters. The number of thiophene rings is 1. The minimum absolute atomic E-state index is 0.245. The summed E-state index contributed by atoms with van der Waals surface area (Å²) < 4.78 is 32.0. The number of ether oxygens (including phenoxy) is 1. The molecule has 1 aromatic carbocycles. The average molecular weight is 297 g/mol. The lowest BCUT2D eigenvalue weighted by Crippen LogP contribution is -2.27. The van der Waals surface area contributed by atoms with Crippen molar-refractivity contribution in [1.82, 2.24) is 4.72 Å². The van der Waals surface area contributed by atoms with Gasteiger partial charge in [0.1, 0.15) is 16.6 Å². The molecule has 0 radical (unpaired) electrons. The highest BCUT2D eigenvalue weighted by molar-refractivity contribution is 7.91. The molecule has 2 aromatic rings. The zero-order chi connectivity index (χ0) is 13.7. The van der Waals surface area contributed by atoms with Crippen LogP contribution in [0, 0.1) is 6.92 Å². The maximum Gasteiger partial charge on any atom is 0.250 e. The molecule has 0 aliphatic carbocycles. The van der Waals surface area contributed by atoms with Gasteiger partial charge in [0.2, 0.25) is 10.0 Å². The zero-order valence-corrected chi connectivity index (χ0v) is 12.1. The van der Waals surface area contributed by atoms with Gasteiger partial charge in [-0.15, -0.1) is 11.3 Å². The van der Waals surface area contributed by atoms with E-state index in [0.29, 0.717) is 10.8 Å². The van der Waals surface area contributed by atoms with Gasteiger partial charge in [0, 0.05) is 6.54 Å². The number of rotatable bonds is 6. The van der Waals surface area contributed by atoms with Gasteiger partial charge in [-0.05, 0) is 30.0 Å². The van der Waals surface area contributed by atoms with Crippen molar-refractivity contribution in [2.24, 2.45) is 0 Å². The Labute approximate surface area is 117 Å². The van der Waals surface area contributed by atoms with E-state index in [-0.39, 0.29) is 6.54 Å². The van der Waals surface area contributed by atoms with E-state index in [2.05, 4.69) is 4.72 Å². The number of hydrogen-bond donors (Lipinski definition) is 1. The minimum Gasteiger partial charge on any atom is -0.492 e. The summed E-state index contributed by atoms with van der Waals surface area (Å²) in [5.74, 6) is 0.776. The molecule has 0 saturated carbocycles. The van der Waals surface area contributed by atoms with Crippen LogP contribution in [-0.4, -0.2) is 21.6 Å². The Balaban J connectivity index is 1.83. The Morgan fingerprint density at radius 1 is 1.21 bits per heavy atom. The Morgan fingerprint density at radius 3 is 2.68 bits per heavy atom. The van der Waals surface area contributed by atoms with Gasteiger partial charge in [0.05, 0.1) is 0 Å². The maximum atomic E-state index is 11.8. The predicted octanol–water partition coefficient (Wildman–Crippen LogP) is 2.41. The van der Waals surface area contributed by atoms with E-state index >= 15 is 0 Å². The lowest BCUT2D eigenvalue weighted by Gasteiger charge is -2.09. The number of benzene rings is 1. The summed E-state index contributed by atoms with van der Waals surface area (Å²) in [4.78, 5) is 0. The summed E-state index contributed by atoms with van der Waals surface area (Å²) in [5.41, 5.74) is 1.03. The number of para-hydroxylation sites is 1. The second kappa shape index (κ2) is 6.18. The molecule has 0 saturated heterocycles. The lowest BCUT2D eigenvalue weighted by atomic mass is 10.2. The molecule has 4 nitrogen and oxygen atoms in total. The topological polar surface area (TPSA) is 55.4 Å². The van der Waals surface area contributed by atoms with Crippen LogP contribution >= 0.6 is 11.3 Å². The summed E-state index contributed by atoms with van der Waals surface area (Å²) >= 11 is 1.20. The van der Waals surface area contributed by atoms with Gasteiger partial charge in [-0.3, -0.25) is 0 Å². The van der Waals surface area contributed by atoms with Gasteiger partial charge in [0.25, 0.3) is 0 Å². The van der Waals surface area contributed by atoms with Gasteiger partial charge >= 0.3 is 0 Å². The van der Waals surface area contributed by atoms with Crippen LogP contribution in [0.1, 0.15) is 5.56 Å². The van der Waals surface area contributed by atoms with Gasteiger partial charge in [0.15, 0.2) is 0 Å². The number of aryl methyl sites for hydroxylation is 1. The molecule has 0 bridgehead atoms. The molecule has 1 aromatic heterocycles. The lowest BCUT2D eigenvalue weighted by molar-refractivity contribution is 0.321. The molecule has 0 spiro atoms. The van der Waals surface area contributed by atoms with E-state index in [1.165, 1.54) is 11.3 Å². The SMILES string of the molecule is Cc1ccccc1OCCNS(=O)(=O)c1cccs1. The van der Waals surface area contributed by atoms with Crippen LogP contribution in [0.2, 0.25) is 0 Å². The highest BCUT2D eigenvalue weighted by Gasteiger charge is 2.13. The van der Waals surface area contributed by atoms with E-state index in [9.17, 15) is 8.42 Å². The van der Waals surface area contributed by atoms with Crippen molar-refractivity contribution in [1.29, 1.82) is 0 Å². The molecule has 0 atom stereocenters. The molecule has 0 amide bonds. The third kappa shape index (κ3) is 3.79. The van der Waals surface area contributed by atoms with Crippen molar-refractivity contribution < 1.29 is 13.2 Å². The van der Waals surface area contributed by atoms with Crippen LogP contribution in [0.15, 0.2) is 46.0 Å². The summed E-state index contributed by atoms with van der Waals surface area (Å²) in [7, 11) is -3.39. The molecule has 1 heterocycles. The van der Waals surface area contributed by atoms with Crippen molar-refractivity contribution >= 4 is 21.4 Å². The van der Waals surface area contributed by atoms with Gasteiger partial charge in [-0.25, -0.2) is 13.1 Å². The Hall–Kier alpha value is -1.37. The second-order valence-corrected chi connectivity index (χ2v) is 6.89. The first-order valence-corrected chi connectivity index (χ1v) is 8.17. The van der Waals surface area contributed by atoms with Crippen LogP contribution in [-0.2, 0) is 10.0 Å². The smallest absolute Gasteiger partial charge is 0.250 e. The van der Waals surface area contributed by atoms with Gasteiger partial charge in [-0.2, -0.15) is 0 Å². The summed E-state index contributed by atoms with van der Waals surface area (Å²) in [6.07, 6.45) is 0. The standard InChI is InChI=1S/C13H15NO3S2/c1-11-5-2-3-6-12(11)17-9-8-14-19(15,16)13-7-4-10-18-13/h2-7,10,14H,8-9H2,1H3. The van der Waals surface area contributed by atoms with Crippen molar-refractivity contribution in [2.75, 3.05) is 13.2 Å². The fraction of sp³-hybridized carbons (Fsp3) is 0.231. The van der Waals surface area contributed by atoms with E-state index in [4.69, 9.17) is 4.74 Å². The second-order valence-electron chi connectivity index (χ2n) is 3.94. The molecule has 19 heavy (non-hydrogen) atoms. The predicted molar refractivity (Wildman–Crippen MR) is 76.2 cm³/mol. The molecular formula is C13H15NO3S2. The van der Waals surface area contributed by atoms with E-state index < -0.39 is 10.0 Å². The highest BCUT2D eigenvalue weighted by atomic mass is 32.2. The highest BCUT2D eigenvalue weighted by Crippen LogP contribution is 2.16. The molecule has 0 aliphatic heterocycles. The van der Waals surface area contributed by atoms with Crippen LogP contribution in [0.3, 0.4) is 0 Å². The summed E-state index contributed by atoms with van der Waals surface area (Å²) in [5, 5.41) is 1.73. The third-order valence-electron chi connectivity index (χ3n) is 2.51. The van der Waals surface area contributed by atoms with Crippen LogP contribution < -0.4 is 9.46 Å². The van der Waals surface area contributed by atoms with E-state index in [1.54, 1.807) is 17.5 Å². The molecule has 102 valence electrons. The van der Waals surface area contributed by atoms with Crippen molar-refractivity contribution in [2.45, 2.75) is 11.1 Å². The minimum atomic E-state index is -3.39. The zero-order valence-electron chi connectivity index (χ0n) is 10.5. The maximum absolute atomic E-state index is 11.8. The molecule has 0 aliphatic rings. The Bertz CT molecular complexity index is 621. The van der Waals surface area contributed by atoms with Crippen LogP contribution in [0.4, 0.5) is 0 Å². The van der Waals surface area contributed by atoms with Gasteiger partial charge < -0.3 is 4.74 Å². The molecule has 0 fully saturated rings.